The second kappa shape index (κ2) is 2.58. The van der Waals surface area contributed by atoms with Crippen LogP contribution in [0.3, 0.4) is 0 Å². The highest BCUT2D eigenvalue weighted by molar-refractivity contribution is 5.93. The molecule has 0 unspecified atom stereocenters. The van der Waals surface area contributed by atoms with Gasteiger partial charge in [-0.25, -0.2) is 9.78 Å². The average Bonchev–Trinajstić information content (AvgIpc) is 2.49. The van der Waals surface area contributed by atoms with Crippen LogP contribution in [0.5, 0.6) is 0 Å². The molecule has 0 aliphatic rings. The Morgan fingerprint density at radius 3 is 3.00 bits per heavy atom. The van der Waals surface area contributed by atoms with Gasteiger partial charge in [0.15, 0.2) is 0 Å². The van der Waals surface area contributed by atoms with E-state index in [2.05, 4.69) is 9.97 Å². The lowest BCUT2D eigenvalue weighted by atomic mass is 10.2. The molecular formula is C9H8N2O2. The fraction of sp³-hybridized carbons (Fsp3) is 0.111. The number of nitrogens with one attached hydrogen (secondary N) is 1. The Bertz CT molecular complexity index is 473. The number of H-pyrrole nitrogens is 1. The monoisotopic (exact) mass is 176 g/mol. The third-order valence-electron chi connectivity index (χ3n) is 1.98. The van der Waals surface area contributed by atoms with Crippen LogP contribution in [0.25, 0.3) is 11.0 Å². The minimum absolute atomic E-state index is 0.178. The minimum atomic E-state index is -0.961. The lowest BCUT2D eigenvalue weighted by Gasteiger charge is -1.91. The van der Waals surface area contributed by atoms with Gasteiger partial charge in [0.05, 0.1) is 0 Å². The van der Waals surface area contributed by atoms with Crippen molar-refractivity contribution in [2.45, 2.75) is 6.92 Å². The topological polar surface area (TPSA) is 66.0 Å². The van der Waals surface area contributed by atoms with Crippen molar-refractivity contribution >= 4 is 17.0 Å². The van der Waals surface area contributed by atoms with Crippen LogP contribution in [0.2, 0.25) is 0 Å². The van der Waals surface area contributed by atoms with Gasteiger partial charge < -0.3 is 10.1 Å². The second-order valence-corrected chi connectivity index (χ2v) is 2.88. The highest BCUT2D eigenvalue weighted by Gasteiger charge is 2.08. The zero-order valence-corrected chi connectivity index (χ0v) is 7.03. The van der Waals surface area contributed by atoms with Gasteiger partial charge in [0.2, 0.25) is 0 Å². The highest BCUT2D eigenvalue weighted by Crippen LogP contribution is 2.16. The Morgan fingerprint density at radius 1 is 1.62 bits per heavy atom. The Balaban J connectivity index is 2.75. The van der Waals surface area contributed by atoms with E-state index in [9.17, 15) is 4.79 Å². The molecular weight excluding hydrogens is 168 g/mol. The molecule has 0 aliphatic heterocycles. The van der Waals surface area contributed by atoms with Gasteiger partial charge in [-0.2, -0.15) is 0 Å². The summed E-state index contributed by atoms with van der Waals surface area (Å²) in [5.41, 5.74) is 1.82. The highest BCUT2D eigenvalue weighted by atomic mass is 16.4. The van der Waals surface area contributed by atoms with Crippen molar-refractivity contribution in [1.29, 1.82) is 0 Å². The first-order chi connectivity index (χ1) is 6.18. The predicted octanol–water partition coefficient (Wildman–Crippen LogP) is 1.57. The number of rotatable bonds is 1. The van der Waals surface area contributed by atoms with Crippen molar-refractivity contribution in [1.82, 2.24) is 9.97 Å². The van der Waals surface area contributed by atoms with Crippen LogP contribution in [-0.4, -0.2) is 21.0 Å². The van der Waals surface area contributed by atoms with Gasteiger partial charge in [0.1, 0.15) is 11.3 Å². The number of aryl methyl sites for hydroxylation is 1. The normalized spacial score (nSPS) is 10.5. The number of hydrogen-bond donors (Lipinski definition) is 2. The number of hydrogen-bond acceptors (Lipinski definition) is 2. The largest absolute Gasteiger partial charge is 0.477 e. The first kappa shape index (κ1) is 7.79. The van der Waals surface area contributed by atoms with Crippen LogP contribution >= 0.6 is 0 Å². The molecule has 0 saturated heterocycles. The van der Waals surface area contributed by atoms with Crippen molar-refractivity contribution < 1.29 is 9.90 Å². The number of carboxylic acids is 1. The maximum absolute atomic E-state index is 10.6. The van der Waals surface area contributed by atoms with E-state index in [-0.39, 0.29) is 5.69 Å². The van der Waals surface area contributed by atoms with Crippen LogP contribution in [0.4, 0.5) is 0 Å². The summed E-state index contributed by atoms with van der Waals surface area (Å²) in [5, 5.41) is 9.58. The molecule has 0 fully saturated rings. The smallest absolute Gasteiger partial charge is 0.352 e. The number of aromatic amines is 1. The molecule has 2 aromatic rings. The van der Waals surface area contributed by atoms with Crippen LogP contribution in [0.1, 0.15) is 16.1 Å². The van der Waals surface area contributed by atoms with Crippen LogP contribution < -0.4 is 0 Å². The molecule has 0 saturated carbocycles. The third-order valence-corrected chi connectivity index (χ3v) is 1.98. The molecule has 2 aromatic heterocycles. The van der Waals surface area contributed by atoms with Crippen LogP contribution in [0, 0.1) is 6.92 Å². The van der Waals surface area contributed by atoms with Crippen molar-refractivity contribution in [3.63, 3.8) is 0 Å². The molecule has 4 nitrogen and oxygen atoms in total. The summed E-state index contributed by atoms with van der Waals surface area (Å²) in [6.07, 6.45) is 1.65. The molecule has 66 valence electrons. The molecule has 13 heavy (non-hydrogen) atoms. The molecule has 2 rings (SSSR count). The number of fused-ring (bicyclic) bond motifs is 1. The Morgan fingerprint density at radius 2 is 2.38 bits per heavy atom. The summed E-state index contributed by atoms with van der Waals surface area (Å²) < 4.78 is 0. The molecule has 0 atom stereocenters. The van der Waals surface area contributed by atoms with E-state index in [4.69, 9.17) is 5.11 Å². The van der Waals surface area contributed by atoms with Gasteiger partial charge in [-0.1, -0.05) is 0 Å². The molecule has 0 amide bonds. The van der Waals surface area contributed by atoms with E-state index in [1.165, 1.54) is 0 Å². The summed E-state index contributed by atoms with van der Waals surface area (Å²) in [4.78, 5) is 17.4. The summed E-state index contributed by atoms with van der Waals surface area (Å²) in [7, 11) is 0. The molecule has 0 aromatic carbocycles. The average molecular weight is 176 g/mol. The van der Waals surface area contributed by atoms with E-state index in [1.54, 1.807) is 12.3 Å². The van der Waals surface area contributed by atoms with E-state index < -0.39 is 5.97 Å². The Labute approximate surface area is 74.2 Å². The molecule has 0 radical (unpaired) electrons. The van der Waals surface area contributed by atoms with E-state index in [0.29, 0.717) is 5.65 Å². The Kier molecular flexibility index (Phi) is 1.55. The summed E-state index contributed by atoms with van der Waals surface area (Å²) in [6, 6.07) is 3.45. The van der Waals surface area contributed by atoms with Gasteiger partial charge in [-0.05, 0) is 24.6 Å². The first-order valence-corrected chi connectivity index (χ1v) is 3.86. The minimum Gasteiger partial charge on any atom is -0.477 e. The number of aromatic carboxylic acids is 1. The van der Waals surface area contributed by atoms with E-state index >= 15 is 0 Å². The van der Waals surface area contributed by atoms with Gasteiger partial charge >= 0.3 is 5.97 Å². The fourth-order valence-corrected chi connectivity index (χ4v) is 1.27. The lowest BCUT2D eigenvalue weighted by Crippen LogP contribution is -1.94. The van der Waals surface area contributed by atoms with Gasteiger partial charge in [-0.15, -0.1) is 0 Å². The first-order valence-electron chi connectivity index (χ1n) is 3.86. The van der Waals surface area contributed by atoms with Crippen LogP contribution in [-0.2, 0) is 0 Å². The number of aromatic nitrogens is 2. The fourth-order valence-electron chi connectivity index (χ4n) is 1.27. The van der Waals surface area contributed by atoms with Crippen molar-refractivity contribution in [3.05, 3.63) is 29.6 Å². The Hall–Kier alpha value is -1.84. The van der Waals surface area contributed by atoms with Gasteiger partial charge in [0, 0.05) is 11.6 Å². The standard InChI is InChI=1S/C9H8N2O2/c1-5-2-3-10-8-6(5)4-7(11-8)9(12)13/h2-4H,1H3,(H,10,11)(H,12,13). The molecule has 2 N–H and O–H groups in total. The van der Waals surface area contributed by atoms with Crippen molar-refractivity contribution in [2.75, 3.05) is 0 Å². The van der Waals surface area contributed by atoms with Gasteiger partial charge in [0.25, 0.3) is 0 Å². The lowest BCUT2D eigenvalue weighted by molar-refractivity contribution is 0.0691. The number of carbonyl (C=O) groups is 1. The number of carboxylic acid groups (broad SMARTS) is 1. The predicted molar refractivity (Wildman–Crippen MR) is 47.8 cm³/mol. The van der Waals surface area contributed by atoms with Crippen molar-refractivity contribution in [3.8, 4) is 0 Å². The number of nitrogens with zero attached hydrogens (tertiary/aromatic N) is 1. The molecule has 2 heterocycles. The van der Waals surface area contributed by atoms with Gasteiger partial charge in [-0.3, -0.25) is 0 Å². The number of pyridine rings is 1. The quantitative estimate of drug-likeness (QED) is 0.693. The summed E-state index contributed by atoms with van der Waals surface area (Å²) in [5.74, 6) is -0.961. The maximum Gasteiger partial charge on any atom is 0.352 e. The van der Waals surface area contributed by atoms with Crippen molar-refractivity contribution in [2.24, 2.45) is 0 Å². The zero-order valence-electron chi connectivity index (χ0n) is 7.03. The maximum atomic E-state index is 10.6. The van der Waals surface area contributed by atoms with Crippen LogP contribution in [0.15, 0.2) is 18.3 Å². The summed E-state index contributed by atoms with van der Waals surface area (Å²) >= 11 is 0. The summed E-state index contributed by atoms with van der Waals surface area (Å²) in [6.45, 7) is 1.92. The third kappa shape index (κ3) is 1.16. The SMILES string of the molecule is Cc1ccnc2[nH]c(C(=O)O)cc12. The molecule has 0 bridgehead atoms. The van der Waals surface area contributed by atoms with E-state index in [0.717, 1.165) is 10.9 Å². The molecule has 0 spiro atoms. The molecule has 0 aliphatic carbocycles. The van der Waals surface area contributed by atoms with E-state index in [1.807, 2.05) is 13.0 Å². The molecule has 4 heteroatoms. The zero-order chi connectivity index (χ0) is 9.42. The second-order valence-electron chi connectivity index (χ2n) is 2.88.